The Morgan fingerprint density at radius 1 is 1.10 bits per heavy atom. The summed E-state index contributed by atoms with van der Waals surface area (Å²) in [6, 6.07) is 0.509. The van der Waals surface area contributed by atoms with E-state index in [1.54, 1.807) is 0 Å². The van der Waals surface area contributed by atoms with Gasteiger partial charge >= 0.3 is 0 Å². The summed E-state index contributed by atoms with van der Waals surface area (Å²) in [5.74, 6) is 0.717. The van der Waals surface area contributed by atoms with Crippen molar-refractivity contribution in [3.63, 3.8) is 0 Å². The minimum absolute atomic E-state index is 0.376. The van der Waals surface area contributed by atoms with E-state index in [0.717, 1.165) is 6.42 Å². The first-order chi connectivity index (χ1) is 9.80. The maximum absolute atomic E-state index is 5.09. The summed E-state index contributed by atoms with van der Waals surface area (Å²) in [5.41, 5.74) is 2.30. The molecule has 2 aliphatic rings. The van der Waals surface area contributed by atoms with E-state index in [1.165, 1.54) is 47.7 Å². The Kier molecular flexibility index (Phi) is 3.94. The molecule has 1 N–H and O–H groups in total. The highest BCUT2D eigenvalue weighted by atomic mass is 32.1. The van der Waals surface area contributed by atoms with Crippen molar-refractivity contribution < 1.29 is 0 Å². The minimum Gasteiger partial charge on any atom is -0.312 e. The van der Waals surface area contributed by atoms with Crippen LogP contribution in [-0.4, -0.2) is 12.0 Å². The number of hydrogen-bond donors (Lipinski definition) is 1. The van der Waals surface area contributed by atoms with Crippen LogP contribution in [0, 0.1) is 10.8 Å². The van der Waals surface area contributed by atoms with Gasteiger partial charge in [0.1, 0.15) is 0 Å². The lowest BCUT2D eigenvalue weighted by molar-refractivity contribution is 0.224. The first-order valence-corrected chi connectivity index (χ1v) is 9.28. The molecule has 1 aromatic rings. The highest BCUT2D eigenvalue weighted by Gasteiger charge is 2.36. The molecule has 2 nitrogen and oxygen atoms in total. The van der Waals surface area contributed by atoms with Gasteiger partial charge in [0, 0.05) is 16.8 Å². The first kappa shape index (κ1) is 15.5. The monoisotopic (exact) mass is 306 g/mol. The average molecular weight is 307 g/mol. The number of aromatic nitrogens is 1. The summed E-state index contributed by atoms with van der Waals surface area (Å²) in [7, 11) is 2.10. The predicted molar refractivity (Wildman–Crippen MR) is 91.0 cm³/mol. The molecule has 0 spiro atoms. The van der Waals surface area contributed by atoms with Crippen molar-refractivity contribution >= 4 is 11.3 Å². The number of thiazole rings is 1. The van der Waals surface area contributed by atoms with Crippen LogP contribution < -0.4 is 5.32 Å². The van der Waals surface area contributed by atoms with Gasteiger partial charge in [0.25, 0.3) is 0 Å². The topological polar surface area (TPSA) is 24.9 Å². The smallest absolute Gasteiger partial charge is 0.0962 e. The molecule has 21 heavy (non-hydrogen) atoms. The Balaban J connectivity index is 1.82. The maximum atomic E-state index is 5.09. The van der Waals surface area contributed by atoms with E-state index in [2.05, 4.69) is 40.1 Å². The standard InChI is InChI=1S/C18H30N2S/c1-17(2)8-6-12(7-9-17)16-20-14-11-18(3,4)10-13(19-5)15(14)21-16/h12-13,19H,6-11H2,1-5H3. The molecule has 1 fully saturated rings. The molecule has 1 aromatic heterocycles. The van der Waals surface area contributed by atoms with Crippen molar-refractivity contribution in [2.45, 2.75) is 78.2 Å². The maximum Gasteiger partial charge on any atom is 0.0962 e. The van der Waals surface area contributed by atoms with Crippen molar-refractivity contribution in [1.29, 1.82) is 0 Å². The van der Waals surface area contributed by atoms with Crippen molar-refractivity contribution in [3.8, 4) is 0 Å². The van der Waals surface area contributed by atoms with Crippen LogP contribution in [0.15, 0.2) is 0 Å². The highest BCUT2D eigenvalue weighted by Crippen LogP contribution is 2.47. The fourth-order valence-electron chi connectivity index (χ4n) is 4.01. The van der Waals surface area contributed by atoms with Crippen LogP contribution in [0.5, 0.6) is 0 Å². The predicted octanol–water partition coefficient (Wildman–Crippen LogP) is 5.06. The van der Waals surface area contributed by atoms with Gasteiger partial charge in [0.15, 0.2) is 0 Å². The van der Waals surface area contributed by atoms with Crippen molar-refractivity contribution in [2.24, 2.45) is 10.8 Å². The highest BCUT2D eigenvalue weighted by molar-refractivity contribution is 7.12. The lowest BCUT2D eigenvalue weighted by Crippen LogP contribution is -2.30. The van der Waals surface area contributed by atoms with Crippen LogP contribution in [-0.2, 0) is 6.42 Å². The van der Waals surface area contributed by atoms with Gasteiger partial charge in [0.2, 0.25) is 0 Å². The zero-order chi connectivity index (χ0) is 15.3. The largest absolute Gasteiger partial charge is 0.312 e. The SMILES string of the molecule is CNC1CC(C)(C)Cc2nc(C3CCC(C)(C)CC3)sc21. The van der Waals surface area contributed by atoms with Gasteiger partial charge in [-0.25, -0.2) is 4.98 Å². The molecule has 3 heteroatoms. The third-order valence-corrected chi connectivity index (χ3v) is 6.87. The van der Waals surface area contributed by atoms with Gasteiger partial charge in [-0.05, 0) is 56.4 Å². The molecule has 1 atom stereocenters. The Morgan fingerprint density at radius 2 is 1.76 bits per heavy atom. The summed E-state index contributed by atoms with van der Waals surface area (Å²) in [6.45, 7) is 9.58. The van der Waals surface area contributed by atoms with Gasteiger partial charge in [-0.3, -0.25) is 0 Å². The van der Waals surface area contributed by atoms with Crippen LogP contribution in [0.1, 0.15) is 87.3 Å². The molecule has 0 aromatic carbocycles. The van der Waals surface area contributed by atoms with Gasteiger partial charge in [0.05, 0.1) is 10.7 Å². The molecule has 2 aliphatic carbocycles. The van der Waals surface area contributed by atoms with Crippen LogP contribution in [0.4, 0.5) is 0 Å². The molecule has 3 rings (SSSR count). The normalized spacial score (nSPS) is 28.3. The second-order valence-electron chi connectivity index (χ2n) is 8.69. The van der Waals surface area contributed by atoms with Gasteiger partial charge < -0.3 is 5.32 Å². The van der Waals surface area contributed by atoms with E-state index in [1.807, 2.05) is 11.3 Å². The van der Waals surface area contributed by atoms with E-state index < -0.39 is 0 Å². The second-order valence-corrected chi connectivity index (χ2v) is 9.75. The van der Waals surface area contributed by atoms with Gasteiger partial charge in [-0.15, -0.1) is 11.3 Å². The molecule has 0 aliphatic heterocycles. The molecular weight excluding hydrogens is 276 g/mol. The number of nitrogens with zero attached hydrogens (tertiary/aromatic N) is 1. The number of fused-ring (bicyclic) bond motifs is 1. The lowest BCUT2D eigenvalue weighted by Gasteiger charge is -2.34. The van der Waals surface area contributed by atoms with E-state index >= 15 is 0 Å². The quantitative estimate of drug-likeness (QED) is 0.826. The summed E-state index contributed by atoms with van der Waals surface area (Å²) in [4.78, 5) is 6.62. The minimum atomic E-state index is 0.376. The van der Waals surface area contributed by atoms with E-state index in [4.69, 9.17) is 4.98 Å². The van der Waals surface area contributed by atoms with Gasteiger partial charge in [-0.2, -0.15) is 0 Å². The van der Waals surface area contributed by atoms with Crippen molar-refractivity contribution in [3.05, 3.63) is 15.6 Å². The fraction of sp³-hybridized carbons (Fsp3) is 0.833. The van der Waals surface area contributed by atoms with E-state index in [9.17, 15) is 0 Å². The molecule has 0 amide bonds. The Morgan fingerprint density at radius 3 is 2.38 bits per heavy atom. The summed E-state index contributed by atoms with van der Waals surface area (Å²) >= 11 is 2.00. The second kappa shape index (κ2) is 5.34. The van der Waals surface area contributed by atoms with Crippen molar-refractivity contribution in [2.75, 3.05) is 7.05 Å². The third-order valence-electron chi connectivity index (χ3n) is 5.50. The van der Waals surface area contributed by atoms with E-state index in [-0.39, 0.29) is 0 Å². The zero-order valence-electron chi connectivity index (χ0n) is 14.3. The van der Waals surface area contributed by atoms with Crippen molar-refractivity contribution in [1.82, 2.24) is 10.3 Å². The Bertz CT molecular complexity index is 505. The van der Waals surface area contributed by atoms with Crippen LogP contribution >= 0.6 is 11.3 Å². The molecule has 1 unspecified atom stereocenters. The summed E-state index contributed by atoms with van der Waals surface area (Å²) in [5, 5.41) is 4.94. The molecule has 0 radical (unpaired) electrons. The molecule has 1 saturated carbocycles. The average Bonchev–Trinajstić information content (AvgIpc) is 2.79. The van der Waals surface area contributed by atoms with E-state index in [0.29, 0.717) is 22.8 Å². The van der Waals surface area contributed by atoms with Crippen LogP contribution in [0.2, 0.25) is 0 Å². The van der Waals surface area contributed by atoms with Gasteiger partial charge in [-0.1, -0.05) is 27.7 Å². The zero-order valence-corrected chi connectivity index (χ0v) is 15.1. The lowest BCUT2D eigenvalue weighted by atomic mass is 9.73. The third kappa shape index (κ3) is 3.19. The Labute approximate surface area is 133 Å². The Hall–Kier alpha value is -0.410. The number of nitrogens with one attached hydrogen (secondary N) is 1. The van der Waals surface area contributed by atoms with Crippen LogP contribution in [0.25, 0.3) is 0 Å². The fourth-order valence-corrected chi connectivity index (χ4v) is 5.37. The molecular formula is C18H30N2S. The summed E-state index contributed by atoms with van der Waals surface area (Å²) in [6.07, 6.45) is 7.73. The molecule has 0 bridgehead atoms. The number of hydrogen-bond acceptors (Lipinski definition) is 3. The summed E-state index contributed by atoms with van der Waals surface area (Å²) < 4.78 is 0. The molecule has 1 heterocycles. The molecule has 0 saturated heterocycles. The molecule has 118 valence electrons. The van der Waals surface area contributed by atoms with Crippen LogP contribution in [0.3, 0.4) is 0 Å². The first-order valence-electron chi connectivity index (χ1n) is 8.46. The number of rotatable bonds is 2.